The van der Waals surface area contributed by atoms with Crippen LogP contribution >= 0.6 is 0 Å². The lowest BCUT2D eigenvalue weighted by Gasteiger charge is -2.24. The van der Waals surface area contributed by atoms with Crippen LogP contribution in [0.5, 0.6) is 0 Å². The van der Waals surface area contributed by atoms with E-state index >= 15 is 0 Å². The van der Waals surface area contributed by atoms with Crippen LogP contribution in [0.2, 0.25) is 0 Å². The summed E-state index contributed by atoms with van der Waals surface area (Å²) < 4.78 is 0. The molecule has 12 heavy (non-hydrogen) atoms. The Hall–Kier alpha value is -0.520. The van der Waals surface area contributed by atoms with Crippen LogP contribution in [0.25, 0.3) is 0 Å². The largest absolute Gasteiger partial charge is 0.0776 e. The first-order valence-electron chi connectivity index (χ1n) is 5.11. The van der Waals surface area contributed by atoms with Crippen molar-refractivity contribution in [3.8, 4) is 0 Å². The normalized spacial score (nSPS) is 32.5. The zero-order valence-corrected chi connectivity index (χ0v) is 8.14. The summed E-state index contributed by atoms with van der Waals surface area (Å²) >= 11 is 0. The Bertz CT molecular complexity index is 226. The highest BCUT2D eigenvalue weighted by Gasteiger charge is 2.32. The molecule has 2 aliphatic carbocycles. The molecular weight excluding hydrogens is 144 g/mol. The molecule has 0 aromatic rings. The molecule has 1 saturated carbocycles. The molecule has 0 heteroatoms. The molecule has 0 radical (unpaired) electrons. The zero-order chi connectivity index (χ0) is 8.60. The molecule has 0 heterocycles. The van der Waals surface area contributed by atoms with Crippen LogP contribution in [0.3, 0.4) is 0 Å². The van der Waals surface area contributed by atoms with E-state index in [1.54, 1.807) is 5.57 Å². The molecule has 0 nitrogen and oxygen atoms in total. The van der Waals surface area contributed by atoms with Crippen molar-refractivity contribution in [2.45, 2.75) is 39.5 Å². The minimum Gasteiger partial charge on any atom is -0.0776 e. The first-order chi connectivity index (χ1) is 5.71. The van der Waals surface area contributed by atoms with Crippen LogP contribution in [-0.2, 0) is 0 Å². The molecule has 0 saturated heterocycles. The Balaban J connectivity index is 2.19. The predicted molar refractivity (Wildman–Crippen MR) is 53.0 cm³/mol. The lowest BCUT2D eigenvalue weighted by atomic mass is 9.81. The van der Waals surface area contributed by atoms with Crippen molar-refractivity contribution in [1.29, 1.82) is 0 Å². The van der Waals surface area contributed by atoms with E-state index in [-0.39, 0.29) is 0 Å². The van der Waals surface area contributed by atoms with Crippen molar-refractivity contribution < 1.29 is 0 Å². The summed E-state index contributed by atoms with van der Waals surface area (Å²) in [6, 6.07) is 0. The van der Waals surface area contributed by atoms with Crippen molar-refractivity contribution in [2.75, 3.05) is 0 Å². The molecule has 0 aromatic heterocycles. The maximum absolute atomic E-state index is 2.44. The van der Waals surface area contributed by atoms with Gasteiger partial charge in [0.25, 0.3) is 0 Å². The Kier molecular flexibility index (Phi) is 1.86. The van der Waals surface area contributed by atoms with Gasteiger partial charge >= 0.3 is 0 Å². The fourth-order valence-electron chi connectivity index (χ4n) is 2.50. The summed E-state index contributed by atoms with van der Waals surface area (Å²) in [6.45, 7) is 4.69. The molecule has 0 N–H and O–H groups in total. The molecule has 2 aliphatic rings. The van der Waals surface area contributed by atoms with E-state index in [2.05, 4.69) is 32.1 Å². The first kappa shape index (κ1) is 8.10. The SMILES string of the molecule is CC1C=CC(C2(C)CCCC2)=C1. The van der Waals surface area contributed by atoms with Crippen LogP contribution in [0, 0.1) is 11.3 Å². The van der Waals surface area contributed by atoms with Gasteiger partial charge in [-0.05, 0) is 29.7 Å². The summed E-state index contributed by atoms with van der Waals surface area (Å²) in [7, 11) is 0. The van der Waals surface area contributed by atoms with Gasteiger partial charge in [-0.1, -0.05) is 44.9 Å². The van der Waals surface area contributed by atoms with E-state index in [0.29, 0.717) is 11.3 Å². The lowest BCUT2D eigenvalue weighted by molar-refractivity contribution is 0.424. The summed E-state index contributed by atoms with van der Waals surface area (Å²) in [5.74, 6) is 0.678. The Labute approximate surface area is 75.4 Å². The quantitative estimate of drug-likeness (QED) is 0.551. The molecule has 66 valence electrons. The molecule has 2 rings (SSSR count). The molecule has 0 amide bonds. The van der Waals surface area contributed by atoms with Gasteiger partial charge in [0.1, 0.15) is 0 Å². The Morgan fingerprint density at radius 2 is 2.00 bits per heavy atom. The van der Waals surface area contributed by atoms with E-state index in [1.807, 2.05) is 0 Å². The van der Waals surface area contributed by atoms with E-state index in [0.717, 1.165) is 0 Å². The average Bonchev–Trinajstić information content (AvgIpc) is 2.59. The van der Waals surface area contributed by atoms with Gasteiger partial charge in [-0.25, -0.2) is 0 Å². The molecule has 0 aromatic carbocycles. The second-order valence-electron chi connectivity index (χ2n) is 4.61. The monoisotopic (exact) mass is 162 g/mol. The third kappa shape index (κ3) is 1.24. The Morgan fingerprint density at radius 1 is 1.33 bits per heavy atom. The van der Waals surface area contributed by atoms with Crippen LogP contribution in [0.4, 0.5) is 0 Å². The highest BCUT2D eigenvalue weighted by molar-refractivity contribution is 5.34. The van der Waals surface area contributed by atoms with Gasteiger partial charge in [-0.15, -0.1) is 0 Å². The van der Waals surface area contributed by atoms with Gasteiger partial charge < -0.3 is 0 Å². The van der Waals surface area contributed by atoms with Crippen LogP contribution < -0.4 is 0 Å². The molecule has 0 aliphatic heterocycles. The van der Waals surface area contributed by atoms with Crippen LogP contribution in [-0.4, -0.2) is 0 Å². The standard InChI is InChI=1S/C12H18/c1-10-5-6-11(9-10)12(2)7-3-4-8-12/h5-6,9-10H,3-4,7-8H2,1-2H3. The smallest absolute Gasteiger partial charge is 0.00726 e. The Morgan fingerprint density at radius 3 is 2.50 bits per heavy atom. The van der Waals surface area contributed by atoms with Crippen LogP contribution in [0.15, 0.2) is 23.8 Å². The van der Waals surface area contributed by atoms with Gasteiger partial charge in [0.2, 0.25) is 0 Å². The fourth-order valence-corrected chi connectivity index (χ4v) is 2.50. The molecule has 1 atom stereocenters. The molecule has 0 bridgehead atoms. The zero-order valence-electron chi connectivity index (χ0n) is 8.14. The van der Waals surface area contributed by atoms with Gasteiger partial charge in [0, 0.05) is 0 Å². The van der Waals surface area contributed by atoms with Crippen molar-refractivity contribution in [1.82, 2.24) is 0 Å². The summed E-state index contributed by atoms with van der Waals surface area (Å²) in [5.41, 5.74) is 2.13. The highest BCUT2D eigenvalue weighted by atomic mass is 14.4. The minimum atomic E-state index is 0.529. The van der Waals surface area contributed by atoms with Crippen molar-refractivity contribution >= 4 is 0 Å². The number of hydrogen-bond acceptors (Lipinski definition) is 0. The van der Waals surface area contributed by atoms with E-state index in [1.165, 1.54) is 25.7 Å². The second-order valence-corrected chi connectivity index (χ2v) is 4.61. The third-order valence-electron chi connectivity index (χ3n) is 3.43. The van der Waals surface area contributed by atoms with Gasteiger partial charge in [-0.3, -0.25) is 0 Å². The van der Waals surface area contributed by atoms with Gasteiger partial charge in [-0.2, -0.15) is 0 Å². The number of hydrogen-bond donors (Lipinski definition) is 0. The molecular formula is C12H18. The molecule has 1 fully saturated rings. The van der Waals surface area contributed by atoms with Gasteiger partial charge in [0.15, 0.2) is 0 Å². The number of rotatable bonds is 1. The van der Waals surface area contributed by atoms with Gasteiger partial charge in [0.05, 0.1) is 0 Å². The average molecular weight is 162 g/mol. The second kappa shape index (κ2) is 2.76. The minimum absolute atomic E-state index is 0.529. The summed E-state index contributed by atoms with van der Waals surface area (Å²) in [6.07, 6.45) is 12.7. The van der Waals surface area contributed by atoms with Crippen molar-refractivity contribution in [3.63, 3.8) is 0 Å². The fraction of sp³-hybridized carbons (Fsp3) is 0.667. The maximum Gasteiger partial charge on any atom is -0.00726 e. The van der Waals surface area contributed by atoms with E-state index in [9.17, 15) is 0 Å². The summed E-state index contributed by atoms with van der Waals surface area (Å²) in [5, 5.41) is 0. The lowest BCUT2D eigenvalue weighted by Crippen LogP contribution is -2.12. The maximum atomic E-state index is 2.44. The summed E-state index contributed by atoms with van der Waals surface area (Å²) in [4.78, 5) is 0. The predicted octanol–water partition coefficient (Wildman–Crippen LogP) is 3.70. The number of allylic oxidation sites excluding steroid dienone is 4. The molecule has 0 spiro atoms. The van der Waals surface area contributed by atoms with Crippen molar-refractivity contribution in [3.05, 3.63) is 23.8 Å². The topological polar surface area (TPSA) is 0 Å². The van der Waals surface area contributed by atoms with Crippen molar-refractivity contribution in [2.24, 2.45) is 11.3 Å². The van der Waals surface area contributed by atoms with Crippen LogP contribution in [0.1, 0.15) is 39.5 Å². The molecule has 1 unspecified atom stereocenters. The van der Waals surface area contributed by atoms with E-state index in [4.69, 9.17) is 0 Å². The highest BCUT2D eigenvalue weighted by Crippen LogP contribution is 2.45. The third-order valence-corrected chi connectivity index (χ3v) is 3.43. The van der Waals surface area contributed by atoms with E-state index < -0.39 is 0 Å². The first-order valence-corrected chi connectivity index (χ1v) is 5.11.